The molecule has 0 saturated carbocycles. The molecule has 3 aliphatic heterocycles. The van der Waals surface area contributed by atoms with E-state index < -0.39 is 0 Å². The molecule has 3 heterocycles. The van der Waals surface area contributed by atoms with Crippen LogP contribution in [0, 0.1) is 0 Å². The summed E-state index contributed by atoms with van der Waals surface area (Å²) in [6, 6.07) is 0.988. The average molecular weight is 252 g/mol. The van der Waals surface area contributed by atoms with E-state index in [0.29, 0.717) is 24.4 Å². The summed E-state index contributed by atoms with van der Waals surface area (Å²) in [4.78, 5) is 14.5. The van der Waals surface area contributed by atoms with Gasteiger partial charge in [0.15, 0.2) is 0 Å². The quantitative estimate of drug-likeness (QED) is 0.823. The van der Waals surface area contributed by atoms with Crippen molar-refractivity contribution >= 4 is 5.91 Å². The third-order valence-electron chi connectivity index (χ3n) is 4.61. The van der Waals surface area contributed by atoms with Crippen LogP contribution in [0.2, 0.25) is 0 Å². The van der Waals surface area contributed by atoms with Crippen LogP contribution in [0.4, 0.5) is 0 Å². The van der Waals surface area contributed by atoms with Crippen molar-refractivity contribution in [3.63, 3.8) is 0 Å². The predicted octanol–water partition coefficient (Wildman–Crippen LogP) is 1.30. The topological polar surface area (TPSA) is 41.6 Å². The lowest BCUT2D eigenvalue weighted by molar-refractivity contribution is -0.134. The SMILES string of the molecule is O=C(CC1CCCO1)N1CCCC1C1CCCN1. The molecular weight excluding hydrogens is 228 g/mol. The van der Waals surface area contributed by atoms with Gasteiger partial charge in [0.2, 0.25) is 5.91 Å². The Hall–Kier alpha value is -0.610. The molecule has 0 radical (unpaired) electrons. The van der Waals surface area contributed by atoms with Gasteiger partial charge < -0.3 is 15.0 Å². The van der Waals surface area contributed by atoms with Crippen molar-refractivity contribution in [1.82, 2.24) is 10.2 Å². The molecular formula is C14H24N2O2. The summed E-state index contributed by atoms with van der Waals surface area (Å²) in [5.41, 5.74) is 0. The highest BCUT2D eigenvalue weighted by atomic mass is 16.5. The maximum atomic E-state index is 12.4. The maximum absolute atomic E-state index is 12.4. The van der Waals surface area contributed by atoms with Crippen LogP contribution in [0.1, 0.15) is 44.9 Å². The van der Waals surface area contributed by atoms with Gasteiger partial charge in [-0.05, 0) is 45.1 Å². The van der Waals surface area contributed by atoms with Crippen LogP contribution in [-0.2, 0) is 9.53 Å². The van der Waals surface area contributed by atoms with Crippen molar-refractivity contribution in [2.75, 3.05) is 19.7 Å². The molecule has 0 bridgehead atoms. The third-order valence-corrected chi connectivity index (χ3v) is 4.61. The van der Waals surface area contributed by atoms with Crippen molar-refractivity contribution < 1.29 is 9.53 Å². The fourth-order valence-corrected chi connectivity index (χ4v) is 3.68. The molecule has 3 aliphatic rings. The highest BCUT2D eigenvalue weighted by molar-refractivity contribution is 5.77. The lowest BCUT2D eigenvalue weighted by Gasteiger charge is -2.30. The lowest BCUT2D eigenvalue weighted by Crippen LogP contribution is -2.47. The van der Waals surface area contributed by atoms with Gasteiger partial charge >= 0.3 is 0 Å². The van der Waals surface area contributed by atoms with E-state index in [9.17, 15) is 4.79 Å². The molecule has 0 aromatic heterocycles. The lowest BCUT2D eigenvalue weighted by atomic mass is 10.0. The first-order valence-corrected chi connectivity index (χ1v) is 7.49. The number of ether oxygens (including phenoxy) is 1. The Labute approximate surface area is 109 Å². The van der Waals surface area contributed by atoms with E-state index in [4.69, 9.17) is 4.74 Å². The summed E-state index contributed by atoms with van der Waals surface area (Å²) in [6.07, 6.45) is 7.80. The summed E-state index contributed by atoms with van der Waals surface area (Å²) in [6.45, 7) is 2.91. The van der Waals surface area contributed by atoms with Crippen LogP contribution >= 0.6 is 0 Å². The van der Waals surface area contributed by atoms with Gasteiger partial charge in [0.1, 0.15) is 0 Å². The third kappa shape index (κ3) is 2.54. The minimum atomic E-state index is 0.190. The van der Waals surface area contributed by atoms with Crippen molar-refractivity contribution in [2.24, 2.45) is 0 Å². The molecule has 0 aliphatic carbocycles. The Kier molecular flexibility index (Phi) is 3.85. The molecule has 3 saturated heterocycles. The molecule has 3 atom stereocenters. The number of rotatable bonds is 3. The average Bonchev–Trinajstić information content (AvgIpc) is 3.11. The van der Waals surface area contributed by atoms with Crippen LogP contribution in [-0.4, -0.2) is 48.7 Å². The first kappa shape index (κ1) is 12.4. The zero-order chi connectivity index (χ0) is 12.4. The standard InChI is InChI=1S/C14H24N2O2/c17-14(10-11-4-3-9-18-11)16-8-2-6-13(16)12-5-1-7-15-12/h11-13,15H,1-10H2. The van der Waals surface area contributed by atoms with Crippen LogP contribution in [0.25, 0.3) is 0 Å². The number of nitrogens with one attached hydrogen (secondary N) is 1. The van der Waals surface area contributed by atoms with Crippen LogP contribution < -0.4 is 5.32 Å². The van der Waals surface area contributed by atoms with Crippen LogP contribution in [0.3, 0.4) is 0 Å². The van der Waals surface area contributed by atoms with Crippen molar-refractivity contribution in [3.8, 4) is 0 Å². The Bertz CT molecular complexity index is 296. The second-order valence-corrected chi connectivity index (χ2v) is 5.84. The number of carbonyl (C=O) groups is 1. The van der Waals surface area contributed by atoms with E-state index in [0.717, 1.165) is 32.5 Å². The van der Waals surface area contributed by atoms with Gasteiger partial charge in [-0.15, -0.1) is 0 Å². The molecule has 18 heavy (non-hydrogen) atoms. The summed E-state index contributed by atoms with van der Waals surface area (Å²) >= 11 is 0. The Morgan fingerprint density at radius 3 is 2.89 bits per heavy atom. The van der Waals surface area contributed by atoms with Crippen LogP contribution in [0.15, 0.2) is 0 Å². The van der Waals surface area contributed by atoms with E-state index >= 15 is 0 Å². The first-order valence-electron chi connectivity index (χ1n) is 7.49. The largest absolute Gasteiger partial charge is 0.378 e. The molecule has 1 amide bonds. The minimum absolute atomic E-state index is 0.190. The molecule has 0 spiro atoms. The first-order chi connectivity index (χ1) is 8.84. The van der Waals surface area contributed by atoms with Crippen LogP contribution in [0.5, 0.6) is 0 Å². The van der Waals surface area contributed by atoms with E-state index in [1.54, 1.807) is 0 Å². The smallest absolute Gasteiger partial charge is 0.225 e. The van der Waals surface area contributed by atoms with E-state index in [1.165, 1.54) is 25.7 Å². The molecule has 3 rings (SSSR count). The van der Waals surface area contributed by atoms with E-state index in [2.05, 4.69) is 10.2 Å². The van der Waals surface area contributed by atoms with Gasteiger partial charge in [-0.2, -0.15) is 0 Å². The molecule has 4 nitrogen and oxygen atoms in total. The predicted molar refractivity (Wildman–Crippen MR) is 69.4 cm³/mol. The monoisotopic (exact) mass is 252 g/mol. The van der Waals surface area contributed by atoms with Gasteiger partial charge in [0, 0.05) is 25.2 Å². The molecule has 4 heteroatoms. The van der Waals surface area contributed by atoms with Gasteiger partial charge in [0.05, 0.1) is 12.5 Å². The number of likely N-dealkylation sites (tertiary alicyclic amines) is 1. The molecule has 1 N–H and O–H groups in total. The van der Waals surface area contributed by atoms with Gasteiger partial charge in [-0.3, -0.25) is 4.79 Å². The molecule has 102 valence electrons. The van der Waals surface area contributed by atoms with E-state index in [1.807, 2.05) is 0 Å². The number of hydrogen-bond acceptors (Lipinski definition) is 3. The number of hydrogen-bond donors (Lipinski definition) is 1. The fraction of sp³-hybridized carbons (Fsp3) is 0.929. The van der Waals surface area contributed by atoms with Gasteiger partial charge in [-0.1, -0.05) is 0 Å². The summed E-state index contributed by atoms with van der Waals surface area (Å²) in [7, 11) is 0. The number of carbonyl (C=O) groups excluding carboxylic acids is 1. The second kappa shape index (κ2) is 5.57. The second-order valence-electron chi connectivity index (χ2n) is 5.84. The highest BCUT2D eigenvalue weighted by Crippen LogP contribution is 2.26. The number of amides is 1. The zero-order valence-corrected chi connectivity index (χ0v) is 11.1. The molecule has 0 aromatic carbocycles. The number of nitrogens with zero attached hydrogens (tertiary/aromatic N) is 1. The summed E-state index contributed by atoms with van der Waals surface area (Å²) in [5.74, 6) is 0.318. The normalized spacial score (nSPS) is 36.4. The van der Waals surface area contributed by atoms with Crippen molar-refractivity contribution in [1.29, 1.82) is 0 Å². The Balaban J connectivity index is 1.57. The molecule has 0 aromatic rings. The zero-order valence-electron chi connectivity index (χ0n) is 11.1. The maximum Gasteiger partial charge on any atom is 0.225 e. The van der Waals surface area contributed by atoms with Gasteiger partial charge in [0.25, 0.3) is 0 Å². The highest BCUT2D eigenvalue weighted by Gasteiger charge is 2.36. The Morgan fingerprint density at radius 2 is 2.17 bits per heavy atom. The van der Waals surface area contributed by atoms with E-state index in [-0.39, 0.29) is 6.10 Å². The minimum Gasteiger partial charge on any atom is -0.378 e. The Morgan fingerprint density at radius 1 is 1.22 bits per heavy atom. The molecule has 3 fully saturated rings. The van der Waals surface area contributed by atoms with Crippen molar-refractivity contribution in [2.45, 2.75) is 63.1 Å². The van der Waals surface area contributed by atoms with Gasteiger partial charge in [-0.25, -0.2) is 0 Å². The summed E-state index contributed by atoms with van der Waals surface area (Å²) < 4.78 is 5.58. The fourth-order valence-electron chi connectivity index (χ4n) is 3.68. The summed E-state index contributed by atoms with van der Waals surface area (Å²) in [5, 5.41) is 3.55. The van der Waals surface area contributed by atoms with Crippen molar-refractivity contribution in [3.05, 3.63) is 0 Å². The molecule has 3 unspecified atom stereocenters.